The maximum atomic E-state index is 12.8. The summed E-state index contributed by atoms with van der Waals surface area (Å²) in [4.78, 5) is 23.0. The Morgan fingerprint density at radius 2 is 1.53 bits per heavy atom. The van der Waals surface area contributed by atoms with Gasteiger partial charge in [0.2, 0.25) is 0 Å². The van der Waals surface area contributed by atoms with Crippen molar-refractivity contribution in [1.29, 1.82) is 0 Å². The Kier molecular flexibility index (Phi) is 10.3. The Hall–Kier alpha value is -2.59. The number of aryl methyl sites for hydroxylation is 1. The number of rotatable bonds is 4. The van der Waals surface area contributed by atoms with E-state index in [1.54, 1.807) is 35.9 Å². The van der Waals surface area contributed by atoms with Gasteiger partial charge in [-0.1, -0.05) is 39.3 Å². The molecular weight excluding hydrogens is 398 g/mol. The van der Waals surface area contributed by atoms with Gasteiger partial charge in [0.05, 0.1) is 12.6 Å². The van der Waals surface area contributed by atoms with E-state index >= 15 is 0 Å². The van der Waals surface area contributed by atoms with Crippen LogP contribution in [0.4, 0.5) is 0 Å². The number of fused-ring (bicyclic) bond motifs is 1. The van der Waals surface area contributed by atoms with Crippen molar-refractivity contribution in [1.82, 2.24) is 4.57 Å². The Labute approximate surface area is 184 Å². The van der Waals surface area contributed by atoms with Crippen LogP contribution in [0.25, 0.3) is 10.9 Å². The highest BCUT2D eigenvalue weighted by Gasteiger charge is 2.18. The molecular formula is C25H32ClNO3. The molecule has 0 amide bonds. The van der Waals surface area contributed by atoms with E-state index in [2.05, 4.69) is 0 Å². The van der Waals surface area contributed by atoms with Crippen LogP contribution >= 0.6 is 11.6 Å². The highest BCUT2D eigenvalue weighted by molar-refractivity contribution is 6.30. The van der Waals surface area contributed by atoms with Crippen molar-refractivity contribution in [3.05, 3.63) is 64.3 Å². The number of hydrogen-bond donors (Lipinski definition) is 0. The van der Waals surface area contributed by atoms with Crippen molar-refractivity contribution in [3.8, 4) is 5.75 Å². The number of methoxy groups -OCH3 is 1. The molecule has 1 aromatic heterocycles. The van der Waals surface area contributed by atoms with E-state index < -0.39 is 0 Å². The second-order valence-corrected chi connectivity index (χ2v) is 6.92. The molecule has 0 unspecified atom stereocenters. The van der Waals surface area contributed by atoms with Crippen LogP contribution in [0.1, 0.15) is 62.2 Å². The monoisotopic (exact) mass is 429 g/mol. The molecule has 3 rings (SSSR count). The number of hydrogen-bond acceptors (Lipinski definition) is 3. The SMILES string of the molecule is CC.CCC(=O)CC.COc1ccc2c(c1)c(C)c(C)n2C(=O)c1ccc(Cl)cc1. The molecule has 0 spiro atoms. The summed E-state index contributed by atoms with van der Waals surface area (Å²) in [6, 6.07) is 12.7. The summed E-state index contributed by atoms with van der Waals surface area (Å²) >= 11 is 5.89. The van der Waals surface area contributed by atoms with Gasteiger partial charge in [-0.3, -0.25) is 14.2 Å². The third-order valence-electron chi connectivity index (χ3n) is 4.81. The topological polar surface area (TPSA) is 48.3 Å². The van der Waals surface area contributed by atoms with Gasteiger partial charge in [-0.25, -0.2) is 0 Å². The molecule has 0 fully saturated rings. The minimum absolute atomic E-state index is 0.0579. The standard InChI is InChI=1S/C18H16ClNO2.C5H10O.C2H6/c1-11-12(2)20(17-9-8-15(22-3)10-16(11)17)18(21)13-4-6-14(19)7-5-13;1-3-5(6)4-2;1-2/h4-10H,1-3H3;3-4H2,1-2H3;1-2H3. The van der Waals surface area contributed by atoms with E-state index in [1.165, 1.54) is 0 Å². The maximum absolute atomic E-state index is 12.8. The average molecular weight is 430 g/mol. The Balaban J connectivity index is 0.000000487. The first kappa shape index (κ1) is 25.4. The third kappa shape index (κ3) is 5.96. The zero-order valence-corrected chi connectivity index (χ0v) is 19.8. The van der Waals surface area contributed by atoms with E-state index in [0.29, 0.717) is 29.2 Å². The quantitative estimate of drug-likeness (QED) is 0.448. The largest absolute Gasteiger partial charge is 0.497 e. The third-order valence-corrected chi connectivity index (χ3v) is 5.06. The molecule has 0 aliphatic rings. The molecule has 5 heteroatoms. The van der Waals surface area contributed by atoms with E-state index in [9.17, 15) is 9.59 Å². The fraction of sp³-hybridized carbons (Fsp3) is 0.360. The number of carbonyl (C=O) groups is 2. The van der Waals surface area contributed by atoms with Crippen molar-refractivity contribution in [2.24, 2.45) is 0 Å². The predicted octanol–water partition coefficient (Wildman–Crippen LogP) is 7.01. The minimum atomic E-state index is -0.0579. The van der Waals surface area contributed by atoms with Crippen LogP contribution in [0.3, 0.4) is 0 Å². The van der Waals surface area contributed by atoms with Gasteiger partial charge in [0, 0.05) is 34.5 Å². The predicted molar refractivity (Wildman–Crippen MR) is 126 cm³/mol. The highest BCUT2D eigenvalue weighted by atomic mass is 35.5. The van der Waals surface area contributed by atoms with Gasteiger partial charge in [-0.2, -0.15) is 0 Å². The van der Waals surface area contributed by atoms with E-state index in [-0.39, 0.29) is 5.91 Å². The van der Waals surface area contributed by atoms with Crippen LogP contribution in [-0.2, 0) is 4.79 Å². The number of aromatic nitrogens is 1. The number of halogens is 1. The molecule has 162 valence electrons. The average Bonchev–Trinajstić information content (AvgIpc) is 3.04. The van der Waals surface area contributed by atoms with Crippen molar-refractivity contribution < 1.29 is 14.3 Å². The first-order valence-corrected chi connectivity index (χ1v) is 10.7. The summed E-state index contributed by atoms with van der Waals surface area (Å²) < 4.78 is 7.02. The van der Waals surface area contributed by atoms with Gasteiger partial charge in [0.1, 0.15) is 11.5 Å². The molecule has 1 heterocycles. The molecule has 0 saturated carbocycles. The van der Waals surface area contributed by atoms with Gasteiger partial charge in [-0.15, -0.1) is 0 Å². The molecule has 3 aromatic rings. The number of benzene rings is 2. The lowest BCUT2D eigenvalue weighted by Gasteiger charge is -2.07. The fourth-order valence-electron chi connectivity index (χ4n) is 2.91. The van der Waals surface area contributed by atoms with Crippen molar-refractivity contribution in [2.75, 3.05) is 7.11 Å². The normalized spacial score (nSPS) is 9.87. The Bertz CT molecular complexity index is 982. The zero-order chi connectivity index (χ0) is 22.8. The van der Waals surface area contributed by atoms with Gasteiger partial charge in [-0.05, 0) is 61.9 Å². The van der Waals surface area contributed by atoms with Crippen LogP contribution in [0.5, 0.6) is 5.75 Å². The summed E-state index contributed by atoms with van der Waals surface area (Å²) in [7, 11) is 1.64. The smallest absolute Gasteiger partial charge is 0.262 e. The number of nitrogens with zero attached hydrogens (tertiary/aromatic N) is 1. The van der Waals surface area contributed by atoms with E-state index in [1.807, 2.05) is 59.7 Å². The van der Waals surface area contributed by atoms with Crippen LogP contribution in [0, 0.1) is 13.8 Å². The van der Waals surface area contributed by atoms with Crippen LogP contribution in [0.2, 0.25) is 5.02 Å². The molecule has 4 nitrogen and oxygen atoms in total. The molecule has 0 aliphatic carbocycles. The highest BCUT2D eigenvalue weighted by Crippen LogP contribution is 2.29. The summed E-state index contributed by atoms with van der Waals surface area (Å²) in [5, 5.41) is 1.64. The summed E-state index contributed by atoms with van der Waals surface area (Å²) in [5.41, 5.74) is 3.51. The molecule has 0 saturated heterocycles. The van der Waals surface area contributed by atoms with E-state index in [4.69, 9.17) is 16.3 Å². The van der Waals surface area contributed by atoms with Crippen molar-refractivity contribution in [2.45, 2.75) is 54.4 Å². The lowest BCUT2D eigenvalue weighted by atomic mass is 10.1. The number of ether oxygens (including phenoxy) is 1. The maximum Gasteiger partial charge on any atom is 0.262 e. The van der Waals surface area contributed by atoms with Gasteiger partial charge < -0.3 is 4.74 Å². The number of carbonyl (C=O) groups excluding carboxylic acids is 2. The van der Waals surface area contributed by atoms with Gasteiger partial charge in [0.15, 0.2) is 0 Å². The molecule has 0 bridgehead atoms. The summed E-state index contributed by atoms with van der Waals surface area (Å²) in [6.07, 6.45) is 1.38. The fourth-order valence-corrected chi connectivity index (χ4v) is 3.04. The number of ketones is 1. The second kappa shape index (κ2) is 12.2. The summed E-state index contributed by atoms with van der Waals surface area (Å²) in [6.45, 7) is 11.7. The second-order valence-electron chi connectivity index (χ2n) is 6.49. The molecule has 2 aromatic carbocycles. The molecule has 0 N–H and O–H groups in total. The van der Waals surface area contributed by atoms with E-state index in [0.717, 1.165) is 27.9 Å². The Morgan fingerprint density at radius 3 is 2.00 bits per heavy atom. The minimum Gasteiger partial charge on any atom is -0.497 e. The summed E-state index contributed by atoms with van der Waals surface area (Å²) in [5.74, 6) is 1.07. The molecule has 0 radical (unpaired) electrons. The van der Waals surface area contributed by atoms with Crippen LogP contribution in [-0.4, -0.2) is 23.4 Å². The van der Waals surface area contributed by atoms with Gasteiger partial charge in [0.25, 0.3) is 5.91 Å². The molecule has 0 atom stereocenters. The van der Waals surface area contributed by atoms with Crippen molar-refractivity contribution in [3.63, 3.8) is 0 Å². The lowest BCUT2D eigenvalue weighted by Crippen LogP contribution is -2.13. The van der Waals surface area contributed by atoms with Crippen LogP contribution in [0.15, 0.2) is 42.5 Å². The number of Topliss-reactive ketones (excluding diaryl/α,β-unsaturated/α-hetero) is 1. The van der Waals surface area contributed by atoms with Crippen molar-refractivity contribution >= 4 is 34.2 Å². The molecule has 0 aliphatic heterocycles. The zero-order valence-electron chi connectivity index (χ0n) is 19.0. The first-order chi connectivity index (χ1) is 14.3. The Morgan fingerprint density at radius 1 is 0.967 bits per heavy atom. The van der Waals surface area contributed by atoms with Crippen LogP contribution < -0.4 is 4.74 Å². The molecule has 30 heavy (non-hydrogen) atoms. The van der Waals surface area contributed by atoms with Gasteiger partial charge >= 0.3 is 0 Å². The lowest BCUT2D eigenvalue weighted by molar-refractivity contribution is -0.118. The first-order valence-electron chi connectivity index (χ1n) is 10.3.